The van der Waals surface area contributed by atoms with Crippen LogP contribution < -0.4 is 0 Å². The van der Waals surface area contributed by atoms with Gasteiger partial charge >= 0.3 is 5.97 Å². The zero-order chi connectivity index (χ0) is 13.5. The molecular formula is C10H12N4O4. The maximum atomic E-state index is 11.3. The molecule has 1 aromatic rings. The average Bonchev–Trinajstić information content (AvgIpc) is 2.43. The molecule has 0 fully saturated rings. The van der Waals surface area contributed by atoms with Gasteiger partial charge in [-0.25, -0.2) is 4.79 Å². The predicted octanol–water partition coefficient (Wildman–Crippen LogP) is 0.573. The number of aliphatic hydroxyl groups excluding tert-OH is 2. The van der Waals surface area contributed by atoms with Crippen molar-refractivity contribution in [1.29, 1.82) is 0 Å². The quantitative estimate of drug-likeness (QED) is 0.342. The van der Waals surface area contributed by atoms with E-state index in [2.05, 4.69) is 19.7 Å². The Kier molecular flexibility index (Phi) is 5.06. The molecule has 1 heterocycles. The van der Waals surface area contributed by atoms with Crippen molar-refractivity contribution in [3.63, 3.8) is 0 Å². The zero-order valence-electron chi connectivity index (χ0n) is 9.59. The molecule has 0 aromatic carbocycles. The second-order valence-electron chi connectivity index (χ2n) is 3.42. The van der Waals surface area contributed by atoms with Crippen molar-refractivity contribution < 1.29 is 19.7 Å². The number of nitrogens with zero attached hydrogens (tertiary/aromatic N) is 4. The normalized spacial score (nSPS) is 13.3. The van der Waals surface area contributed by atoms with Crippen molar-refractivity contribution in [3.05, 3.63) is 40.0 Å². The van der Waals surface area contributed by atoms with Gasteiger partial charge in [-0.1, -0.05) is 5.11 Å². The van der Waals surface area contributed by atoms with Crippen LogP contribution in [0.1, 0.15) is 22.0 Å². The lowest BCUT2D eigenvalue weighted by Gasteiger charge is -2.16. The van der Waals surface area contributed by atoms with E-state index in [1.165, 1.54) is 25.6 Å². The summed E-state index contributed by atoms with van der Waals surface area (Å²) in [5, 5.41) is 22.4. The van der Waals surface area contributed by atoms with Crippen LogP contribution in [0.5, 0.6) is 0 Å². The van der Waals surface area contributed by atoms with Gasteiger partial charge in [0.2, 0.25) is 0 Å². The Bertz CT molecular complexity index is 473. The van der Waals surface area contributed by atoms with E-state index in [1.807, 2.05) is 0 Å². The number of hydrogen-bond donors (Lipinski definition) is 2. The molecule has 0 saturated carbocycles. The first-order valence-corrected chi connectivity index (χ1v) is 5.00. The summed E-state index contributed by atoms with van der Waals surface area (Å²) >= 11 is 0. The van der Waals surface area contributed by atoms with E-state index < -0.39 is 18.2 Å². The van der Waals surface area contributed by atoms with Crippen LogP contribution in [-0.2, 0) is 4.74 Å². The highest BCUT2D eigenvalue weighted by atomic mass is 16.5. The SMILES string of the molecule is COC(=O)c1cncc(C(O)C(O)CN=[N+]=[N-])c1. The van der Waals surface area contributed by atoms with Crippen molar-refractivity contribution in [2.24, 2.45) is 5.11 Å². The Hall–Kier alpha value is -2.15. The first kappa shape index (κ1) is 13.9. The maximum absolute atomic E-state index is 11.3. The topological polar surface area (TPSA) is 128 Å². The Balaban J connectivity index is 2.88. The molecular weight excluding hydrogens is 240 g/mol. The number of hydrogen-bond acceptors (Lipinski definition) is 6. The average molecular weight is 252 g/mol. The monoisotopic (exact) mass is 252 g/mol. The second-order valence-corrected chi connectivity index (χ2v) is 3.42. The van der Waals surface area contributed by atoms with E-state index in [0.29, 0.717) is 0 Å². The molecule has 18 heavy (non-hydrogen) atoms. The van der Waals surface area contributed by atoms with E-state index in [-0.39, 0.29) is 17.7 Å². The summed E-state index contributed by atoms with van der Waals surface area (Å²) in [6.07, 6.45) is 0.0151. The van der Waals surface area contributed by atoms with Gasteiger partial charge in [0.15, 0.2) is 0 Å². The molecule has 2 unspecified atom stereocenters. The smallest absolute Gasteiger partial charge is 0.339 e. The van der Waals surface area contributed by atoms with Crippen molar-refractivity contribution in [2.75, 3.05) is 13.7 Å². The molecule has 0 bridgehead atoms. The molecule has 1 rings (SSSR count). The number of azide groups is 1. The summed E-state index contributed by atoms with van der Waals surface area (Å²) in [5.74, 6) is -0.596. The van der Waals surface area contributed by atoms with Gasteiger partial charge < -0.3 is 14.9 Å². The molecule has 96 valence electrons. The highest BCUT2D eigenvalue weighted by Crippen LogP contribution is 2.17. The number of aliphatic hydroxyl groups is 2. The van der Waals surface area contributed by atoms with Crippen LogP contribution in [0.3, 0.4) is 0 Å². The maximum Gasteiger partial charge on any atom is 0.339 e. The van der Waals surface area contributed by atoms with Gasteiger partial charge in [-0.15, -0.1) is 0 Å². The lowest BCUT2D eigenvalue weighted by atomic mass is 10.0. The Labute approximate surface area is 102 Å². The van der Waals surface area contributed by atoms with Crippen LogP contribution in [0.15, 0.2) is 23.6 Å². The number of methoxy groups -OCH3 is 1. The molecule has 0 aliphatic rings. The largest absolute Gasteiger partial charge is 0.465 e. The number of carbonyl (C=O) groups is 1. The summed E-state index contributed by atoms with van der Waals surface area (Å²) in [6, 6.07) is 1.35. The van der Waals surface area contributed by atoms with Crippen LogP contribution in [-0.4, -0.2) is 40.9 Å². The molecule has 0 aliphatic carbocycles. The van der Waals surface area contributed by atoms with Gasteiger partial charge in [-0.05, 0) is 11.6 Å². The van der Waals surface area contributed by atoms with Gasteiger partial charge in [-0.3, -0.25) is 4.98 Å². The number of rotatable bonds is 5. The Morgan fingerprint density at radius 1 is 1.61 bits per heavy atom. The lowest BCUT2D eigenvalue weighted by Crippen LogP contribution is -2.21. The van der Waals surface area contributed by atoms with Gasteiger partial charge in [0, 0.05) is 22.9 Å². The molecule has 8 heteroatoms. The van der Waals surface area contributed by atoms with Crippen molar-refractivity contribution in [1.82, 2.24) is 4.98 Å². The van der Waals surface area contributed by atoms with Crippen LogP contribution >= 0.6 is 0 Å². The number of esters is 1. The molecule has 2 N–H and O–H groups in total. The van der Waals surface area contributed by atoms with Gasteiger partial charge in [0.1, 0.15) is 6.10 Å². The van der Waals surface area contributed by atoms with Gasteiger partial charge in [-0.2, -0.15) is 0 Å². The van der Waals surface area contributed by atoms with Gasteiger partial charge in [0.05, 0.1) is 25.3 Å². The van der Waals surface area contributed by atoms with E-state index >= 15 is 0 Å². The number of carbonyl (C=O) groups excluding carboxylic acids is 1. The van der Waals surface area contributed by atoms with Crippen LogP contribution in [0.25, 0.3) is 10.4 Å². The standard InChI is InChI=1S/C10H12N4O4/c1-18-10(17)7-2-6(3-12-4-7)9(16)8(15)5-13-14-11/h2-4,8-9,15-16H,5H2,1H3. The van der Waals surface area contributed by atoms with Crippen molar-refractivity contribution in [2.45, 2.75) is 12.2 Å². The fraction of sp³-hybridized carbons (Fsp3) is 0.400. The third kappa shape index (κ3) is 3.42. The number of ether oxygens (including phenoxy) is 1. The fourth-order valence-electron chi connectivity index (χ4n) is 1.29. The number of pyridine rings is 1. The molecule has 0 amide bonds. The van der Waals surface area contributed by atoms with Crippen LogP contribution in [0.4, 0.5) is 0 Å². The van der Waals surface area contributed by atoms with E-state index in [1.54, 1.807) is 0 Å². The van der Waals surface area contributed by atoms with E-state index in [0.717, 1.165) is 0 Å². The minimum absolute atomic E-state index is 0.157. The molecule has 0 aliphatic heterocycles. The van der Waals surface area contributed by atoms with Crippen LogP contribution in [0.2, 0.25) is 0 Å². The summed E-state index contributed by atoms with van der Waals surface area (Å²) < 4.78 is 4.51. The Morgan fingerprint density at radius 2 is 2.33 bits per heavy atom. The van der Waals surface area contributed by atoms with E-state index in [4.69, 9.17) is 5.53 Å². The lowest BCUT2D eigenvalue weighted by molar-refractivity contribution is 0.0241. The summed E-state index contributed by atoms with van der Waals surface area (Å²) in [5.41, 5.74) is 8.50. The predicted molar refractivity (Wildman–Crippen MR) is 60.6 cm³/mol. The van der Waals surface area contributed by atoms with Crippen molar-refractivity contribution in [3.8, 4) is 0 Å². The first-order chi connectivity index (χ1) is 8.60. The molecule has 0 saturated heterocycles. The minimum Gasteiger partial charge on any atom is -0.465 e. The first-order valence-electron chi connectivity index (χ1n) is 5.00. The third-order valence-corrected chi connectivity index (χ3v) is 2.22. The highest BCUT2D eigenvalue weighted by molar-refractivity contribution is 5.89. The van der Waals surface area contributed by atoms with Crippen LogP contribution in [0, 0.1) is 0 Å². The molecule has 8 nitrogen and oxygen atoms in total. The molecule has 0 spiro atoms. The Morgan fingerprint density at radius 3 is 2.94 bits per heavy atom. The molecule has 1 aromatic heterocycles. The second kappa shape index (κ2) is 6.55. The fourth-order valence-corrected chi connectivity index (χ4v) is 1.29. The van der Waals surface area contributed by atoms with E-state index in [9.17, 15) is 15.0 Å². The molecule has 2 atom stereocenters. The summed E-state index contributed by atoms with van der Waals surface area (Å²) in [4.78, 5) is 17.5. The third-order valence-electron chi connectivity index (χ3n) is 2.22. The minimum atomic E-state index is -1.30. The summed E-state index contributed by atoms with van der Waals surface area (Å²) in [7, 11) is 1.22. The van der Waals surface area contributed by atoms with Crippen molar-refractivity contribution >= 4 is 5.97 Å². The zero-order valence-corrected chi connectivity index (χ0v) is 9.59. The van der Waals surface area contributed by atoms with Gasteiger partial charge in [0.25, 0.3) is 0 Å². The summed E-state index contributed by atoms with van der Waals surface area (Å²) in [6.45, 7) is -0.278. The highest BCUT2D eigenvalue weighted by Gasteiger charge is 2.19. The number of aromatic nitrogens is 1. The molecule has 0 radical (unpaired) electrons.